The number of carbonyl (C=O) groups excluding carboxylic acids is 2. The Morgan fingerprint density at radius 1 is 1.32 bits per heavy atom. The number of carboxylic acid groups (broad SMARTS) is 1. The molecule has 1 aromatic rings. The number of rotatable bonds is 8. The largest absolute Gasteiger partial charge is 0.504 e. The van der Waals surface area contributed by atoms with Crippen LogP contribution in [0.3, 0.4) is 0 Å². The van der Waals surface area contributed by atoms with E-state index in [4.69, 9.17) is 10.6 Å². The van der Waals surface area contributed by atoms with Gasteiger partial charge in [-0.1, -0.05) is 17.3 Å². The molecule has 2 atom stereocenters. The number of hydrogen-bond acceptors (Lipinski definition) is 11. The first-order valence-corrected chi connectivity index (χ1v) is 13.6. The molecule has 0 bridgehead atoms. The molecule has 1 saturated heterocycles. The van der Waals surface area contributed by atoms with Gasteiger partial charge in [0.1, 0.15) is 29.9 Å². The normalized spacial score (nSPS) is 19.1. The number of β-lactam (4-membered cyclic amide) rings is 1. The highest BCUT2D eigenvalue weighted by Gasteiger charge is 2.54. The minimum atomic E-state index is -1.26. The minimum absolute atomic E-state index is 0.148. The van der Waals surface area contributed by atoms with E-state index in [0.717, 1.165) is 11.3 Å². The molecule has 15 heteroatoms. The second-order valence-electron chi connectivity index (χ2n) is 8.73. The molecule has 0 aromatic carbocycles. The average molecular weight is 583 g/mol. The zero-order valence-corrected chi connectivity index (χ0v) is 22.4. The summed E-state index contributed by atoms with van der Waals surface area (Å²) < 4.78 is 1.80. The lowest BCUT2D eigenvalue weighted by Crippen LogP contribution is -2.71. The van der Waals surface area contributed by atoms with Gasteiger partial charge >= 0.3 is 5.97 Å². The van der Waals surface area contributed by atoms with Crippen LogP contribution in [0.25, 0.3) is 11.1 Å². The number of carboxylic acids is 1. The summed E-state index contributed by atoms with van der Waals surface area (Å²) in [5.41, 5.74) is 6.88. The summed E-state index contributed by atoms with van der Waals surface area (Å²) in [4.78, 5) is 59.6. The number of nitrogen functional groups attached to an aromatic ring is 1. The van der Waals surface area contributed by atoms with Crippen LogP contribution >= 0.6 is 23.1 Å². The average Bonchev–Trinajstić information content (AvgIpc) is 3.36. The van der Waals surface area contributed by atoms with Crippen molar-refractivity contribution in [3.05, 3.63) is 75.3 Å². The monoisotopic (exact) mass is 582 g/mol. The SMILES string of the molecule is CO/N=C(\C(=O)N[C@@H]1C(=O)N2C(C(=O)O)=C(/C=C/Cn3ccc4cc(=O)c(O)cc-4c3)CS[C@H]12)c1csc(N)n1. The van der Waals surface area contributed by atoms with E-state index in [1.54, 1.807) is 35.2 Å². The van der Waals surface area contributed by atoms with Crippen molar-refractivity contribution in [2.24, 2.45) is 5.16 Å². The Morgan fingerprint density at radius 3 is 2.83 bits per heavy atom. The van der Waals surface area contributed by atoms with E-state index in [-0.39, 0.29) is 28.0 Å². The van der Waals surface area contributed by atoms with Gasteiger partial charge in [0.05, 0.1) is 0 Å². The number of amides is 2. The van der Waals surface area contributed by atoms with Crippen LogP contribution in [0.4, 0.5) is 5.13 Å². The Bertz CT molecular complexity index is 1640. The molecule has 0 radical (unpaired) electrons. The number of aromatic hydroxyl groups is 1. The fourth-order valence-electron chi connectivity index (χ4n) is 4.36. The maximum absolute atomic E-state index is 13.0. The van der Waals surface area contributed by atoms with Gasteiger partial charge in [-0.2, -0.15) is 0 Å². The van der Waals surface area contributed by atoms with Gasteiger partial charge in [0.25, 0.3) is 11.8 Å². The number of nitrogens with zero attached hydrogens (tertiary/aromatic N) is 4. The van der Waals surface area contributed by atoms with Crippen LogP contribution in [0.1, 0.15) is 5.69 Å². The van der Waals surface area contributed by atoms with Crippen LogP contribution in [0.15, 0.2) is 69.3 Å². The second-order valence-corrected chi connectivity index (χ2v) is 10.7. The first kappa shape index (κ1) is 27.0. The van der Waals surface area contributed by atoms with Crippen molar-refractivity contribution in [1.82, 2.24) is 19.8 Å². The van der Waals surface area contributed by atoms with Crippen LogP contribution in [0.5, 0.6) is 5.75 Å². The van der Waals surface area contributed by atoms with Crippen molar-refractivity contribution >= 4 is 51.7 Å². The molecule has 1 aromatic heterocycles. The standard InChI is InChI=1S/C25H22N6O7S2/c1-38-29-18(15-11-40-25(26)27-15)21(34)28-19-22(35)31-20(24(36)37)13(10-39-23(19)31)3-2-5-30-6-4-12-7-16(32)17(33)8-14(12)9-30/h2-4,6-9,11,19,23,33H,5,10H2,1H3,(H2,26,27)(H,28,34)(H,36,37)/b3-2+,29-18-/t19-,23-/m1/s1. The minimum Gasteiger partial charge on any atom is -0.504 e. The van der Waals surface area contributed by atoms with Crippen molar-refractivity contribution in [2.75, 3.05) is 18.6 Å². The molecular formula is C25H22N6O7S2. The number of phenols is 1. The lowest BCUT2D eigenvalue weighted by Gasteiger charge is -2.49. The molecule has 4 heterocycles. The molecule has 0 saturated carbocycles. The molecule has 0 spiro atoms. The second kappa shape index (κ2) is 10.9. The molecule has 5 rings (SSSR count). The number of thiazole rings is 1. The predicted molar refractivity (Wildman–Crippen MR) is 148 cm³/mol. The highest BCUT2D eigenvalue weighted by Crippen LogP contribution is 2.40. The quantitative estimate of drug-likeness (QED) is 0.170. The number of hydrogen-bond donors (Lipinski definition) is 4. The number of pyridine rings is 1. The molecule has 3 aliphatic heterocycles. The Labute approximate surface area is 234 Å². The van der Waals surface area contributed by atoms with Gasteiger partial charge in [-0.05, 0) is 29.3 Å². The number of carbonyl (C=O) groups is 3. The lowest BCUT2D eigenvalue weighted by molar-refractivity contribution is -0.150. The van der Waals surface area contributed by atoms with E-state index in [1.165, 1.54) is 41.3 Å². The smallest absolute Gasteiger partial charge is 0.352 e. The first-order chi connectivity index (χ1) is 19.2. The zero-order valence-electron chi connectivity index (χ0n) is 20.8. The van der Waals surface area contributed by atoms with Crippen molar-refractivity contribution in [1.29, 1.82) is 0 Å². The fraction of sp³-hybridized carbons (Fsp3) is 0.200. The molecule has 1 aliphatic carbocycles. The van der Waals surface area contributed by atoms with Crippen molar-refractivity contribution < 1.29 is 29.4 Å². The van der Waals surface area contributed by atoms with Crippen molar-refractivity contribution in [3.63, 3.8) is 0 Å². The Balaban J connectivity index is 1.31. The first-order valence-electron chi connectivity index (χ1n) is 11.7. The van der Waals surface area contributed by atoms with E-state index in [9.17, 15) is 29.4 Å². The number of anilines is 1. The van der Waals surface area contributed by atoms with Crippen LogP contribution in [0, 0.1) is 0 Å². The van der Waals surface area contributed by atoms with E-state index < -0.39 is 34.6 Å². The van der Waals surface area contributed by atoms with Crippen LogP contribution in [0.2, 0.25) is 0 Å². The molecule has 5 N–H and O–H groups in total. The molecule has 1 fully saturated rings. The van der Waals surface area contributed by atoms with Gasteiger partial charge in [0.15, 0.2) is 16.6 Å². The molecule has 4 aliphatic rings. The summed E-state index contributed by atoms with van der Waals surface area (Å²) in [5, 5.41) is 27.1. The van der Waals surface area contributed by atoms with Crippen molar-refractivity contribution in [3.8, 4) is 16.9 Å². The van der Waals surface area contributed by atoms with Gasteiger partial charge in [-0.25, -0.2) is 9.78 Å². The Morgan fingerprint density at radius 2 is 2.12 bits per heavy atom. The predicted octanol–water partition coefficient (Wildman–Crippen LogP) is 1.04. The van der Waals surface area contributed by atoms with Crippen LogP contribution in [-0.2, 0) is 25.8 Å². The number of thioether (sulfide) groups is 1. The highest BCUT2D eigenvalue weighted by molar-refractivity contribution is 8.00. The van der Waals surface area contributed by atoms with Gasteiger partial charge in [0.2, 0.25) is 5.43 Å². The Hall–Kier alpha value is -4.63. The van der Waals surface area contributed by atoms with Gasteiger partial charge in [-0.15, -0.1) is 23.1 Å². The summed E-state index contributed by atoms with van der Waals surface area (Å²) in [7, 11) is 1.27. The molecule has 0 unspecified atom stereocenters. The number of allylic oxidation sites excluding steroid dienone is 2. The summed E-state index contributed by atoms with van der Waals surface area (Å²) in [5.74, 6) is -2.57. The van der Waals surface area contributed by atoms with E-state index in [2.05, 4.69) is 15.5 Å². The third kappa shape index (κ3) is 5.03. The topological polar surface area (TPSA) is 189 Å². The number of phenolic OH excluding ortho intramolecular Hbond substituents is 1. The summed E-state index contributed by atoms with van der Waals surface area (Å²) in [6.07, 6.45) is 6.92. The molecule has 40 heavy (non-hydrogen) atoms. The lowest BCUT2D eigenvalue weighted by atomic mass is 10.0. The molecule has 13 nitrogen and oxygen atoms in total. The number of fused-ring (bicyclic) bond motifs is 2. The number of aromatic nitrogens is 2. The van der Waals surface area contributed by atoms with Crippen molar-refractivity contribution in [2.45, 2.75) is 18.0 Å². The van der Waals surface area contributed by atoms with Crippen LogP contribution < -0.4 is 16.5 Å². The molecule has 2 amide bonds. The van der Waals surface area contributed by atoms with Gasteiger partial charge < -0.3 is 30.7 Å². The zero-order chi connectivity index (χ0) is 28.6. The van der Waals surface area contributed by atoms with Gasteiger partial charge in [-0.3, -0.25) is 19.3 Å². The Kier molecular flexibility index (Phi) is 7.32. The fourth-order valence-corrected chi connectivity index (χ4v) is 6.22. The van der Waals surface area contributed by atoms with Crippen LogP contribution in [-0.4, -0.2) is 72.4 Å². The molecule has 206 valence electrons. The van der Waals surface area contributed by atoms with E-state index >= 15 is 0 Å². The highest BCUT2D eigenvalue weighted by atomic mass is 32.2. The van der Waals surface area contributed by atoms with E-state index in [0.29, 0.717) is 29.0 Å². The number of aliphatic carboxylic acids is 1. The third-order valence-corrected chi connectivity index (χ3v) is 8.18. The maximum Gasteiger partial charge on any atom is 0.352 e. The molecular weight excluding hydrogens is 560 g/mol. The number of nitrogens with one attached hydrogen (secondary N) is 1. The number of nitrogens with two attached hydrogens (primary N) is 1. The van der Waals surface area contributed by atoms with E-state index in [1.807, 2.05) is 0 Å². The third-order valence-electron chi connectivity index (χ3n) is 6.20. The maximum atomic E-state index is 13.0. The summed E-state index contributed by atoms with van der Waals surface area (Å²) in [6.45, 7) is 0.371. The van der Waals surface area contributed by atoms with Gasteiger partial charge in [0, 0.05) is 35.6 Å². The number of oxime groups is 1. The summed E-state index contributed by atoms with van der Waals surface area (Å²) in [6, 6.07) is 3.52. The number of benzene rings is 1. The summed E-state index contributed by atoms with van der Waals surface area (Å²) >= 11 is 2.43.